The minimum Gasteiger partial charge on any atom is -0.378 e. The molecule has 4 nitrogen and oxygen atoms in total. The van der Waals surface area contributed by atoms with Crippen LogP contribution in [0.2, 0.25) is 0 Å². The van der Waals surface area contributed by atoms with Gasteiger partial charge < -0.3 is 21.5 Å². The summed E-state index contributed by atoms with van der Waals surface area (Å²) in [5.74, 6) is 4.18. The van der Waals surface area contributed by atoms with E-state index in [1.165, 1.54) is 135 Å². The Labute approximate surface area is 281 Å². The zero-order valence-electron chi connectivity index (χ0n) is 31.2. The molecule has 0 spiro atoms. The minimum atomic E-state index is 0.429. The van der Waals surface area contributed by atoms with Crippen molar-refractivity contribution < 1.29 is 4.74 Å². The highest BCUT2D eigenvalue weighted by atomic mass is 16.5. The highest BCUT2D eigenvalue weighted by Gasteiger charge is 2.72. The van der Waals surface area contributed by atoms with Crippen LogP contribution in [0.25, 0.3) is 0 Å². The molecule has 0 aromatic heterocycles. The highest BCUT2D eigenvalue weighted by molar-refractivity contribution is 5.20. The van der Waals surface area contributed by atoms with Gasteiger partial charge in [-0.25, -0.2) is 0 Å². The molecule has 45 heavy (non-hydrogen) atoms. The lowest BCUT2D eigenvalue weighted by Gasteiger charge is -2.72. The number of rotatable bonds is 20. The first kappa shape index (κ1) is 37.7. The predicted molar refractivity (Wildman–Crippen MR) is 194 cm³/mol. The van der Waals surface area contributed by atoms with Crippen LogP contribution in [0.5, 0.6) is 0 Å². The molecule has 4 aliphatic rings. The highest BCUT2D eigenvalue weighted by Crippen LogP contribution is 2.79. The van der Waals surface area contributed by atoms with Crippen molar-refractivity contribution >= 4 is 0 Å². The Morgan fingerprint density at radius 3 is 2.22 bits per heavy atom. The quantitative estimate of drug-likeness (QED) is 0.117. The lowest BCUT2D eigenvalue weighted by molar-refractivity contribution is -0.241. The topological polar surface area (TPSA) is 73.3 Å². The summed E-state index contributed by atoms with van der Waals surface area (Å²) in [5.41, 5.74) is 13.6. The minimum absolute atomic E-state index is 0.429. The van der Waals surface area contributed by atoms with Gasteiger partial charge in [-0.05, 0) is 167 Å². The van der Waals surface area contributed by atoms with E-state index in [1.54, 1.807) is 0 Å². The van der Waals surface area contributed by atoms with Crippen molar-refractivity contribution in [2.75, 3.05) is 32.8 Å². The Morgan fingerprint density at radius 1 is 0.756 bits per heavy atom. The Kier molecular flexibility index (Phi) is 14.2. The molecule has 0 saturated heterocycles. The van der Waals surface area contributed by atoms with Gasteiger partial charge in [-0.2, -0.15) is 0 Å². The van der Waals surface area contributed by atoms with Crippen LogP contribution in [-0.2, 0) is 4.74 Å². The number of hydrogen-bond donors (Lipinski definition) is 3. The molecule has 4 aliphatic carbocycles. The summed E-state index contributed by atoms with van der Waals surface area (Å²) in [6.45, 7) is 21.0. The number of fused-ring (bicyclic) bond motifs is 5. The van der Waals surface area contributed by atoms with Crippen LogP contribution in [0.1, 0.15) is 170 Å². The van der Waals surface area contributed by atoms with E-state index < -0.39 is 0 Å². The molecule has 0 radical (unpaired) electrons. The van der Waals surface area contributed by atoms with Gasteiger partial charge in [-0.15, -0.1) is 0 Å². The molecular weight excluding hydrogens is 550 g/mol. The molecule has 10 atom stereocenters. The Morgan fingerprint density at radius 2 is 1.47 bits per heavy atom. The largest absolute Gasteiger partial charge is 0.378 e. The average Bonchev–Trinajstić information content (AvgIpc) is 3.30. The van der Waals surface area contributed by atoms with Crippen molar-refractivity contribution in [1.82, 2.24) is 5.32 Å². The van der Waals surface area contributed by atoms with Crippen LogP contribution in [0.3, 0.4) is 0 Å². The molecule has 0 aromatic carbocycles. The van der Waals surface area contributed by atoms with Gasteiger partial charge in [0, 0.05) is 6.61 Å². The summed E-state index contributed by atoms with van der Waals surface area (Å²) in [4.78, 5) is 0. The Balaban J connectivity index is 1.43. The number of hydrogen-bond acceptors (Lipinski definition) is 4. The Bertz CT molecular complexity index is 866. The second-order valence-corrected chi connectivity index (χ2v) is 17.7. The maximum Gasteiger partial charge on any atom is 0.0578 e. The molecule has 4 saturated carbocycles. The molecular formula is C41H79N3O. The molecule has 0 heterocycles. The van der Waals surface area contributed by atoms with Crippen LogP contribution >= 0.6 is 0 Å². The Hall–Kier alpha value is -0.160. The molecule has 0 aliphatic heterocycles. The van der Waals surface area contributed by atoms with Crippen molar-refractivity contribution in [3.05, 3.63) is 0 Å². The van der Waals surface area contributed by atoms with E-state index in [-0.39, 0.29) is 0 Å². The van der Waals surface area contributed by atoms with E-state index in [0.29, 0.717) is 27.8 Å². The molecule has 0 bridgehead atoms. The smallest absolute Gasteiger partial charge is 0.0578 e. The predicted octanol–water partition coefficient (Wildman–Crippen LogP) is 9.88. The summed E-state index contributed by atoms with van der Waals surface area (Å²) in [5, 5.41) is 3.80. The fraction of sp³-hybridized carbons (Fsp3) is 1.00. The first-order valence-corrected chi connectivity index (χ1v) is 20.3. The van der Waals surface area contributed by atoms with Crippen LogP contribution in [0.4, 0.5) is 0 Å². The number of nitrogens with one attached hydrogen (secondary N) is 1. The molecule has 0 amide bonds. The summed E-state index contributed by atoms with van der Waals surface area (Å²) >= 11 is 0. The van der Waals surface area contributed by atoms with Gasteiger partial charge in [-0.3, -0.25) is 0 Å². The van der Waals surface area contributed by atoms with Crippen molar-refractivity contribution in [3.8, 4) is 0 Å². The maximum atomic E-state index is 6.40. The van der Waals surface area contributed by atoms with E-state index >= 15 is 0 Å². The fourth-order valence-corrected chi connectivity index (χ4v) is 12.7. The summed E-state index contributed by atoms with van der Waals surface area (Å²) in [7, 11) is 0. The third kappa shape index (κ3) is 7.70. The normalized spacial score (nSPS) is 40.1. The lowest BCUT2D eigenvalue weighted by atomic mass is 9.32. The lowest BCUT2D eigenvalue weighted by Crippen LogP contribution is -2.66. The number of ether oxygens (including phenoxy) is 1. The molecule has 5 N–H and O–H groups in total. The van der Waals surface area contributed by atoms with E-state index in [2.05, 4.69) is 46.9 Å². The summed E-state index contributed by atoms with van der Waals surface area (Å²) < 4.78 is 6.40. The number of nitrogens with two attached hydrogens (primary N) is 2. The summed E-state index contributed by atoms with van der Waals surface area (Å²) in [6.07, 6.45) is 27.5. The van der Waals surface area contributed by atoms with Gasteiger partial charge in [0.05, 0.1) is 6.10 Å². The monoisotopic (exact) mass is 630 g/mol. The van der Waals surface area contributed by atoms with Crippen LogP contribution in [0.15, 0.2) is 0 Å². The molecule has 4 rings (SSSR count). The van der Waals surface area contributed by atoms with Crippen molar-refractivity contribution in [1.29, 1.82) is 0 Å². The first-order valence-electron chi connectivity index (χ1n) is 20.3. The molecule has 4 fully saturated rings. The second-order valence-electron chi connectivity index (χ2n) is 17.7. The van der Waals surface area contributed by atoms with E-state index in [1.807, 2.05) is 0 Å². The second kappa shape index (κ2) is 17.0. The SMILES string of the molecule is CCCCCCCCNCCC[C@H](C)[C@H]1CC[C@@]2(C)C3CCC4C[C@H](OCCCN)CC[C@]4(C)[C@@]3(C)C[C@H](CCCCN)[C@]12C. The van der Waals surface area contributed by atoms with Crippen LogP contribution < -0.4 is 16.8 Å². The standard InChI is InChI=1S/C41H79N3O/c1-7-8-9-10-11-14-27-44-28-15-17-32(2)36-22-24-39(4)37-20-19-33-30-35(45-29-16-26-43)21-23-38(33,3)40(37,5)31-34(41(36,39)6)18-12-13-25-42/h32-37,44H,7-31,42-43H2,1-6H3/t32-,33?,34-,35+,36+,37?,38-,39-,40-,41+/m0/s1. The van der Waals surface area contributed by atoms with Gasteiger partial charge in [0.1, 0.15) is 0 Å². The third-order valence-corrected chi connectivity index (χ3v) is 15.7. The van der Waals surface area contributed by atoms with E-state index in [4.69, 9.17) is 16.2 Å². The zero-order chi connectivity index (χ0) is 32.6. The van der Waals surface area contributed by atoms with Gasteiger partial charge in [-0.1, -0.05) is 80.1 Å². The first-order chi connectivity index (χ1) is 21.6. The van der Waals surface area contributed by atoms with Crippen LogP contribution in [0, 0.1) is 51.2 Å². The molecule has 264 valence electrons. The fourth-order valence-electron chi connectivity index (χ4n) is 12.7. The van der Waals surface area contributed by atoms with Gasteiger partial charge >= 0.3 is 0 Å². The molecule has 4 heteroatoms. The van der Waals surface area contributed by atoms with Gasteiger partial charge in [0.15, 0.2) is 0 Å². The van der Waals surface area contributed by atoms with Crippen molar-refractivity contribution in [2.24, 2.45) is 62.7 Å². The van der Waals surface area contributed by atoms with Gasteiger partial charge in [0.25, 0.3) is 0 Å². The van der Waals surface area contributed by atoms with Crippen molar-refractivity contribution in [2.45, 2.75) is 176 Å². The molecule has 2 unspecified atom stereocenters. The van der Waals surface area contributed by atoms with E-state index in [0.717, 1.165) is 55.7 Å². The van der Waals surface area contributed by atoms with Crippen molar-refractivity contribution in [3.63, 3.8) is 0 Å². The zero-order valence-corrected chi connectivity index (χ0v) is 31.2. The third-order valence-electron chi connectivity index (χ3n) is 15.7. The molecule has 0 aromatic rings. The van der Waals surface area contributed by atoms with Gasteiger partial charge in [0.2, 0.25) is 0 Å². The summed E-state index contributed by atoms with van der Waals surface area (Å²) in [6, 6.07) is 0. The number of unbranched alkanes of at least 4 members (excludes halogenated alkanes) is 6. The average molecular weight is 630 g/mol. The van der Waals surface area contributed by atoms with E-state index in [9.17, 15) is 0 Å². The maximum absolute atomic E-state index is 6.40. The van der Waals surface area contributed by atoms with Crippen LogP contribution in [-0.4, -0.2) is 38.9 Å².